The van der Waals surface area contributed by atoms with Crippen molar-refractivity contribution in [2.45, 2.75) is 18.2 Å². The molecule has 0 aromatic heterocycles. The second-order valence-corrected chi connectivity index (χ2v) is 8.90. The van der Waals surface area contributed by atoms with Gasteiger partial charge in [0.05, 0.1) is 17.7 Å². The highest BCUT2D eigenvalue weighted by Gasteiger charge is 2.20. The number of sulfonamides is 1. The summed E-state index contributed by atoms with van der Waals surface area (Å²) in [6.07, 6.45) is 0.716. The fourth-order valence-corrected chi connectivity index (χ4v) is 4.86. The number of ether oxygens (including phenoxy) is 1. The van der Waals surface area contributed by atoms with Crippen LogP contribution in [-0.4, -0.2) is 59.7 Å². The van der Waals surface area contributed by atoms with Crippen LogP contribution in [0.5, 0.6) is 5.75 Å². The Balaban J connectivity index is 1.44. The van der Waals surface area contributed by atoms with E-state index < -0.39 is 10.0 Å². The van der Waals surface area contributed by atoms with Gasteiger partial charge in [0.1, 0.15) is 11.6 Å². The van der Waals surface area contributed by atoms with Crippen LogP contribution in [0.3, 0.4) is 0 Å². The second-order valence-electron chi connectivity index (χ2n) is 7.16. The lowest BCUT2D eigenvalue weighted by molar-refractivity contribution is 0.255. The van der Waals surface area contributed by atoms with E-state index in [0.29, 0.717) is 30.0 Å². The molecule has 29 heavy (non-hydrogen) atoms. The summed E-state index contributed by atoms with van der Waals surface area (Å²) in [5.74, 6) is 0.445. The summed E-state index contributed by atoms with van der Waals surface area (Å²) in [6.45, 7) is 6.12. The van der Waals surface area contributed by atoms with Gasteiger partial charge in [-0.15, -0.1) is 0 Å². The molecule has 158 valence electrons. The largest absolute Gasteiger partial charge is 0.497 e. The van der Waals surface area contributed by atoms with Crippen LogP contribution in [0.2, 0.25) is 0 Å². The minimum absolute atomic E-state index is 0.191. The zero-order chi connectivity index (χ0) is 20.9. The molecule has 0 aliphatic carbocycles. The Kier molecular flexibility index (Phi) is 7.10. The third kappa shape index (κ3) is 5.46. The molecule has 1 heterocycles. The van der Waals surface area contributed by atoms with Crippen LogP contribution in [-0.2, 0) is 10.0 Å². The molecule has 1 aliphatic rings. The van der Waals surface area contributed by atoms with Gasteiger partial charge < -0.3 is 9.64 Å². The van der Waals surface area contributed by atoms with E-state index in [0.717, 1.165) is 32.7 Å². The number of piperazine rings is 1. The summed E-state index contributed by atoms with van der Waals surface area (Å²) in [5.41, 5.74) is 1.30. The van der Waals surface area contributed by atoms with E-state index in [-0.39, 0.29) is 10.7 Å². The van der Waals surface area contributed by atoms with Gasteiger partial charge in [0.2, 0.25) is 10.0 Å². The molecular weight excluding hydrogens is 393 g/mol. The van der Waals surface area contributed by atoms with Gasteiger partial charge in [-0.3, -0.25) is 4.90 Å². The zero-order valence-electron chi connectivity index (χ0n) is 16.9. The molecule has 0 amide bonds. The van der Waals surface area contributed by atoms with Crippen molar-refractivity contribution in [1.29, 1.82) is 0 Å². The first-order chi connectivity index (χ1) is 13.9. The zero-order valence-corrected chi connectivity index (χ0v) is 17.7. The average molecular weight is 422 g/mol. The standard InChI is InChI=1S/C21H28FN3O3S/c1-17-16-18(28-2)8-9-21(17)29(26,27)23-10-5-11-24-12-14-25(15-13-24)20-7-4-3-6-19(20)22/h3-4,6-9,16,23H,5,10-15H2,1-2H3. The molecule has 3 rings (SSSR count). The number of nitrogens with zero attached hydrogens (tertiary/aromatic N) is 2. The van der Waals surface area contributed by atoms with Gasteiger partial charge >= 0.3 is 0 Å². The lowest BCUT2D eigenvalue weighted by Gasteiger charge is -2.36. The Bertz CT molecular complexity index is 929. The molecule has 8 heteroatoms. The maximum absolute atomic E-state index is 13.9. The number of halogens is 1. The van der Waals surface area contributed by atoms with E-state index in [1.807, 2.05) is 6.07 Å². The Morgan fingerprint density at radius 1 is 1.10 bits per heavy atom. The first kappa shape index (κ1) is 21.5. The fraction of sp³-hybridized carbons (Fsp3) is 0.429. The number of benzene rings is 2. The van der Waals surface area contributed by atoms with Gasteiger partial charge in [-0.2, -0.15) is 0 Å². The topological polar surface area (TPSA) is 61.9 Å². The summed E-state index contributed by atoms with van der Waals surface area (Å²) < 4.78 is 46.8. The minimum atomic E-state index is -3.54. The highest BCUT2D eigenvalue weighted by atomic mass is 32.2. The van der Waals surface area contributed by atoms with Gasteiger partial charge in [-0.25, -0.2) is 17.5 Å². The number of methoxy groups -OCH3 is 1. The SMILES string of the molecule is COc1ccc(S(=O)(=O)NCCCN2CCN(c3ccccc3F)CC2)c(C)c1. The van der Waals surface area contributed by atoms with Crippen molar-refractivity contribution in [1.82, 2.24) is 9.62 Å². The Morgan fingerprint density at radius 2 is 1.83 bits per heavy atom. The Hall–Kier alpha value is -2.16. The van der Waals surface area contributed by atoms with E-state index in [9.17, 15) is 12.8 Å². The van der Waals surface area contributed by atoms with Crippen LogP contribution >= 0.6 is 0 Å². The molecule has 1 N–H and O–H groups in total. The molecule has 0 unspecified atom stereocenters. The summed E-state index contributed by atoms with van der Waals surface area (Å²) in [4.78, 5) is 4.61. The molecule has 2 aromatic carbocycles. The van der Waals surface area contributed by atoms with E-state index in [1.165, 1.54) is 6.07 Å². The van der Waals surface area contributed by atoms with Crippen LogP contribution in [0.15, 0.2) is 47.4 Å². The van der Waals surface area contributed by atoms with Gasteiger partial charge in [0.15, 0.2) is 0 Å². The van der Waals surface area contributed by atoms with E-state index in [1.54, 1.807) is 44.4 Å². The van der Waals surface area contributed by atoms with E-state index in [2.05, 4.69) is 14.5 Å². The summed E-state index contributed by atoms with van der Waals surface area (Å²) in [6, 6.07) is 11.8. The van der Waals surface area contributed by atoms with Crippen LogP contribution < -0.4 is 14.4 Å². The average Bonchev–Trinajstić information content (AvgIpc) is 2.72. The normalized spacial score (nSPS) is 15.5. The first-order valence-electron chi connectivity index (χ1n) is 9.77. The van der Waals surface area contributed by atoms with Gasteiger partial charge in [0.25, 0.3) is 0 Å². The molecule has 1 saturated heterocycles. The first-order valence-corrected chi connectivity index (χ1v) is 11.2. The van der Waals surface area contributed by atoms with Crippen LogP contribution in [0.25, 0.3) is 0 Å². The highest BCUT2D eigenvalue weighted by Crippen LogP contribution is 2.21. The number of aryl methyl sites for hydroxylation is 1. The smallest absolute Gasteiger partial charge is 0.240 e. The summed E-state index contributed by atoms with van der Waals surface area (Å²) in [5, 5.41) is 0. The number of nitrogens with one attached hydrogen (secondary N) is 1. The molecule has 1 fully saturated rings. The van der Waals surface area contributed by atoms with Gasteiger partial charge in [-0.1, -0.05) is 12.1 Å². The number of hydrogen-bond donors (Lipinski definition) is 1. The number of hydrogen-bond acceptors (Lipinski definition) is 5. The maximum atomic E-state index is 13.9. The van der Waals surface area contributed by atoms with E-state index in [4.69, 9.17) is 4.74 Å². The van der Waals surface area contributed by atoms with Crippen molar-refractivity contribution in [3.8, 4) is 5.75 Å². The van der Waals surface area contributed by atoms with Crippen molar-refractivity contribution in [3.63, 3.8) is 0 Å². The molecule has 0 spiro atoms. The van der Waals surface area contributed by atoms with Crippen molar-refractivity contribution < 1.29 is 17.5 Å². The maximum Gasteiger partial charge on any atom is 0.240 e. The summed E-state index contributed by atoms with van der Waals surface area (Å²) in [7, 11) is -1.99. The number of anilines is 1. The molecule has 1 aliphatic heterocycles. The molecule has 2 aromatic rings. The predicted molar refractivity (Wildman–Crippen MR) is 113 cm³/mol. The minimum Gasteiger partial charge on any atom is -0.497 e. The van der Waals surface area contributed by atoms with Gasteiger partial charge in [0, 0.05) is 32.7 Å². The van der Waals surface area contributed by atoms with Crippen molar-refractivity contribution in [2.75, 3.05) is 51.3 Å². The van der Waals surface area contributed by atoms with Crippen molar-refractivity contribution in [2.24, 2.45) is 0 Å². The molecule has 0 bridgehead atoms. The number of rotatable bonds is 8. The van der Waals surface area contributed by atoms with Crippen LogP contribution in [0.4, 0.5) is 10.1 Å². The monoisotopic (exact) mass is 421 g/mol. The molecule has 0 radical (unpaired) electrons. The quantitative estimate of drug-likeness (QED) is 0.664. The van der Waals surface area contributed by atoms with Gasteiger partial charge in [-0.05, 0) is 55.8 Å². The third-order valence-electron chi connectivity index (χ3n) is 5.18. The van der Waals surface area contributed by atoms with Crippen LogP contribution in [0.1, 0.15) is 12.0 Å². The lowest BCUT2D eigenvalue weighted by atomic mass is 10.2. The third-order valence-corrected chi connectivity index (χ3v) is 6.80. The molecular formula is C21H28FN3O3S. The molecule has 6 nitrogen and oxygen atoms in total. The highest BCUT2D eigenvalue weighted by molar-refractivity contribution is 7.89. The lowest BCUT2D eigenvalue weighted by Crippen LogP contribution is -2.47. The fourth-order valence-electron chi connectivity index (χ4n) is 3.56. The van der Waals surface area contributed by atoms with Crippen molar-refractivity contribution in [3.05, 3.63) is 53.8 Å². The Morgan fingerprint density at radius 3 is 2.48 bits per heavy atom. The molecule has 0 saturated carbocycles. The summed E-state index contributed by atoms with van der Waals surface area (Å²) >= 11 is 0. The van der Waals surface area contributed by atoms with Crippen molar-refractivity contribution >= 4 is 15.7 Å². The van der Waals surface area contributed by atoms with E-state index >= 15 is 0 Å². The number of para-hydroxylation sites is 1. The second kappa shape index (κ2) is 9.56. The molecule has 0 atom stereocenters. The Labute approximate surface area is 172 Å². The van der Waals surface area contributed by atoms with Crippen LogP contribution in [0, 0.1) is 12.7 Å². The predicted octanol–water partition coefficient (Wildman–Crippen LogP) is 2.63.